The Bertz CT molecular complexity index is 1200. The van der Waals surface area contributed by atoms with E-state index in [9.17, 15) is 5.11 Å². The molecule has 0 radical (unpaired) electrons. The third kappa shape index (κ3) is 4.61. The summed E-state index contributed by atoms with van der Waals surface area (Å²) < 4.78 is 1.24. The van der Waals surface area contributed by atoms with Gasteiger partial charge >= 0.3 is 0 Å². The number of likely N-dealkylation sites (tertiary alicyclic amines) is 1. The van der Waals surface area contributed by atoms with Crippen LogP contribution in [0.2, 0.25) is 0 Å². The summed E-state index contributed by atoms with van der Waals surface area (Å²) in [5.74, 6) is 1.31. The second-order valence-corrected chi connectivity index (χ2v) is 12.2. The third-order valence-corrected chi connectivity index (χ3v) is 9.52. The Balaban J connectivity index is 1.37. The maximum atomic E-state index is 10.4. The second-order valence-electron chi connectivity index (χ2n) is 11.4. The zero-order chi connectivity index (χ0) is 24.0. The van der Waals surface area contributed by atoms with E-state index in [0.29, 0.717) is 5.92 Å². The van der Waals surface area contributed by atoms with Gasteiger partial charge < -0.3 is 10.0 Å². The molecule has 2 fully saturated rings. The molecule has 2 aromatic heterocycles. The second kappa shape index (κ2) is 9.45. The number of fused-ring (bicyclic) bond motifs is 2. The molecular formula is C29H38N4OS. The fourth-order valence-electron chi connectivity index (χ4n) is 6.36. The number of anilines is 1. The predicted octanol–water partition coefficient (Wildman–Crippen LogP) is 5.82. The van der Waals surface area contributed by atoms with Gasteiger partial charge in [0.1, 0.15) is 0 Å². The van der Waals surface area contributed by atoms with Crippen LogP contribution in [0.4, 0.5) is 5.95 Å². The molecule has 3 aromatic rings. The highest BCUT2D eigenvalue weighted by molar-refractivity contribution is 7.17. The van der Waals surface area contributed by atoms with E-state index in [0.717, 1.165) is 69.1 Å². The minimum absolute atomic E-state index is 0.387. The summed E-state index contributed by atoms with van der Waals surface area (Å²) in [5, 5.41) is 12.8. The van der Waals surface area contributed by atoms with Gasteiger partial charge in [0.05, 0.1) is 21.5 Å². The molecule has 0 saturated carbocycles. The van der Waals surface area contributed by atoms with Crippen LogP contribution >= 0.6 is 11.3 Å². The smallest absolute Gasteiger partial charge is 0.226 e. The van der Waals surface area contributed by atoms with Crippen molar-refractivity contribution in [3.63, 3.8) is 0 Å². The van der Waals surface area contributed by atoms with E-state index < -0.39 is 5.60 Å². The maximum absolute atomic E-state index is 10.4. The molecule has 35 heavy (non-hydrogen) atoms. The SMILES string of the molecule is CC(C)(O)C1CCN(Cc2csc3c(-c4cccc5c4CCC5)nc(N4CCCCC4)nc23)CC1. The number of aromatic nitrogens is 2. The minimum Gasteiger partial charge on any atom is -0.390 e. The summed E-state index contributed by atoms with van der Waals surface area (Å²) in [6, 6.07) is 6.80. The zero-order valence-corrected chi connectivity index (χ0v) is 22.0. The number of aliphatic hydroxyl groups is 1. The van der Waals surface area contributed by atoms with Crippen molar-refractivity contribution in [3.8, 4) is 11.3 Å². The Morgan fingerprint density at radius 1 is 1.00 bits per heavy atom. The van der Waals surface area contributed by atoms with Crippen molar-refractivity contribution in [2.45, 2.75) is 77.4 Å². The van der Waals surface area contributed by atoms with Crippen molar-refractivity contribution in [2.24, 2.45) is 5.92 Å². The molecule has 0 bridgehead atoms. The fourth-order valence-corrected chi connectivity index (χ4v) is 7.37. The summed E-state index contributed by atoms with van der Waals surface area (Å²) in [4.78, 5) is 15.4. The molecule has 0 unspecified atom stereocenters. The monoisotopic (exact) mass is 490 g/mol. The van der Waals surface area contributed by atoms with Gasteiger partial charge in [0, 0.05) is 30.8 Å². The number of hydrogen-bond donors (Lipinski definition) is 1. The van der Waals surface area contributed by atoms with Gasteiger partial charge in [-0.15, -0.1) is 11.3 Å². The van der Waals surface area contributed by atoms with Crippen molar-refractivity contribution < 1.29 is 5.11 Å². The molecule has 1 aromatic carbocycles. The Kier molecular flexibility index (Phi) is 6.32. The largest absolute Gasteiger partial charge is 0.390 e. The highest BCUT2D eigenvalue weighted by Gasteiger charge is 2.31. The van der Waals surface area contributed by atoms with Gasteiger partial charge in [-0.3, -0.25) is 4.90 Å². The topological polar surface area (TPSA) is 52.5 Å². The summed E-state index contributed by atoms with van der Waals surface area (Å²) >= 11 is 1.82. The van der Waals surface area contributed by atoms with Gasteiger partial charge in [-0.25, -0.2) is 9.97 Å². The molecule has 0 spiro atoms. The van der Waals surface area contributed by atoms with E-state index in [1.807, 2.05) is 25.2 Å². The average Bonchev–Trinajstić information content (AvgIpc) is 3.51. The van der Waals surface area contributed by atoms with Crippen LogP contribution < -0.4 is 4.90 Å². The van der Waals surface area contributed by atoms with E-state index in [1.54, 1.807) is 0 Å². The van der Waals surface area contributed by atoms with Crippen LogP contribution in [0.15, 0.2) is 23.6 Å². The van der Waals surface area contributed by atoms with Crippen LogP contribution in [-0.2, 0) is 19.4 Å². The van der Waals surface area contributed by atoms with Gasteiger partial charge in [0.25, 0.3) is 0 Å². The quantitative estimate of drug-likeness (QED) is 0.488. The van der Waals surface area contributed by atoms with Gasteiger partial charge in [0.15, 0.2) is 0 Å². The van der Waals surface area contributed by atoms with Gasteiger partial charge in [-0.05, 0) is 101 Å². The van der Waals surface area contributed by atoms with Crippen molar-refractivity contribution in [1.29, 1.82) is 0 Å². The fraction of sp³-hybridized carbons (Fsp3) is 0.586. The number of aryl methyl sites for hydroxylation is 1. The first kappa shape index (κ1) is 23.4. The van der Waals surface area contributed by atoms with Crippen LogP contribution in [0, 0.1) is 5.92 Å². The number of benzene rings is 1. The Labute approximate surface area is 213 Å². The third-order valence-electron chi connectivity index (χ3n) is 8.50. The summed E-state index contributed by atoms with van der Waals surface area (Å²) in [6.45, 7) is 9.04. The molecule has 1 aliphatic carbocycles. The van der Waals surface area contributed by atoms with Crippen LogP contribution in [0.25, 0.3) is 21.5 Å². The first-order valence-corrected chi connectivity index (χ1v) is 14.4. The van der Waals surface area contributed by atoms with E-state index >= 15 is 0 Å². The Morgan fingerprint density at radius 3 is 2.57 bits per heavy atom. The molecule has 1 N–H and O–H groups in total. The number of piperidine rings is 2. The Morgan fingerprint density at radius 2 is 1.80 bits per heavy atom. The van der Waals surface area contributed by atoms with Crippen molar-refractivity contribution in [3.05, 3.63) is 40.3 Å². The van der Waals surface area contributed by atoms with Crippen LogP contribution in [-0.4, -0.2) is 51.8 Å². The van der Waals surface area contributed by atoms with Crippen molar-refractivity contribution >= 4 is 27.5 Å². The summed E-state index contributed by atoms with van der Waals surface area (Å²) in [7, 11) is 0. The maximum Gasteiger partial charge on any atom is 0.226 e. The lowest BCUT2D eigenvalue weighted by molar-refractivity contribution is -0.0135. The first-order chi connectivity index (χ1) is 17.0. The molecule has 0 amide bonds. The number of rotatable bonds is 5. The lowest BCUT2D eigenvalue weighted by Gasteiger charge is -2.37. The normalized spacial score (nSPS) is 20.0. The molecule has 2 aliphatic heterocycles. The van der Waals surface area contributed by atoms with Crippen LogP contribution in [0.3, 0.4) is 0 Å². The number of thiophene rings is 1. The highest BCUT2D eigenvalue weighted by atomic mass is 32.1. The highest BCUT2D eigenvalue weighted by Crippen LogP contribution is 2.40. The standard InChI is InChI=1S/C29H38N4OS/c1-29(2,34)22-12-16-32(17-13-22)18-21-19-35-27-25(21)30-28(33-14-4-3-5-15-33)31-26(27)24-11-7-9-20-8-6-10-23(20)24/h7,9,11,19,22,34H,3-6,8,10,12-18H2,1-2H3. The number of nitrogens with zero attached hydrogens (tertiary/aromatic N) is 4. The molecule has 2 saturated heterocycles. The summed E-state index contributed by atoms with van der Waals surface area (Å²) in [6.07, 6.45) is 9.46. The average molecular weight is 491 g/mol. The molecule has 186 valence electrons. The van der Waals surface area contributed by atoms with Crippen molar-refractivity contribution in [2.75, 3.05) is 31.1 Å². The lowest BCUT2D eigenvalue weighted by atomic mass is 9.83. The van der Waals surface area contributed by atoms with Gasteiger partial charge in [-0.1, -0.05) is 18.2 Å². The van der Waals surface area contributed by atoms with Gasteiger partial charge in [0.2, 0.25) is 5.95 Å². The molecule has 3 aliphatic rings. The van der Waals surface area contributed by atoms with E-state index in [4.69, 9.17) is 9.97 Å². The lowest BCUT2D eigenvalue weighted by Crippen LogP contribution is -2.41. The van der Waals surface area contributed by atoms with E-state index in [1.165, 1.54) is 59.1 Å². The number of hydrogen-bond acceptors (Lipinski definition) is 6. The first-order valence-electron chi connectivity index (χ1n) is 13.6. The zero-order valence-electron chi connectivity index (χ0n) is 21.2. The van der Waals surface area contributed by atoms with Crippen LogP contribution in [0.5, 0.6) is 0 Å². The molecule has 5 nitrogen and oxygen atoms in total. The molecule has 6 rings (SSSR count). The van der Waals surface area contributed by atoms with Crippen molar-refractivity contribution in [1.82, 2.24) is 14.9 Å². The van der Waals surface area contributed by atoms with Crippen LogP contribution in [0.1, 0.15) is 69.1 Å². The van der Waals surface area contributed by atoms with E-state index in [-0.39, 0.29) is 0 Å². The minimum atomic E-state index is -0.581. The van der Waals surface area contributed by atoms with Gasteiger partial charge in [-0.2, -0.15) is 0 Å². The molecular weight excluding hydrogens is 452 g/mol. The Hall–Kier alpha value is -2.02. The molecule has 6 heteroatoms. The predicted molar refractivity (Wildman–Crippen MR) is 145 cm³/mol. The molecule has 4 heterocycles. The molecule has 0 atom stereocenters. The van der Waals surface area contributed by atoms with E-state index in [2.05, 4.69) is 33.4 Å². The summed E-state index contributed by atoms with van der Waals surface area (Å²) in [5.41, 5.74) is 7.38.